The molecule has 116 valence electrons. The molecule has 0 spiro atoms. The summed E-state index contributed by atoms with van der Waals surface area (Å²) in [5.74, 6) is 2.96. The molecule has 1 amide bonds. The van der Waals surface area contributed by atoms with Crippen LogP contribution in [0, 0.1) is 9.86 Å². The molecular weight excluding hydrogens is 353 g/mol. The third-order valence-corrected chi connectivity index (χ3v) is 17.0. The van der Waals surface area contributed by atoms with Crippen molar-refractivity contribution in [1.29, 1.82) is 0 Å². The normalized spacial score (nSPS) is 10.8. The van der Waals surface area contributed by atoms with Crippen molar-refractivity contribution in [3.63, 3.8) is 0 Å². The Hall–Kier alpha value is -0.171. The summed E-state index contributed by atoms with van der Waals surface area (Å²) in [6.07, 6.45) is 7.65. The van der Waals surface area contributed by atoms with Gasteiger partial charge in [-0.25, -0.2) is 0 Å². The first-order chi connectivity index (χ1) is 9.51. The second-order valence-corrected chi connectivity index (χ2v) is 18.3. The van der Waals surface area contributed by atoms with Crippen LogP contribution in [0.15, 0.2) is 0 Å². The average molecular weight is 386 g/mol. The summed E-state index contributed by atoms with van der Waals surface area (Å²) in [7, 11) is 3.58. The molecule has 0 aromatic heterocycles. The molecule has 0 aliphatic carbocycles. The van der Waals surface area contributed by atoms with Gasteiger partial charge in [-0.05, 0) is 0 Å². The van der Waals surface area contributed by atoms with Crippen molar-refractivity contribution < 1.29 is 4.79 Å². The Morgan fingerprint density at radius 1 is 0.900 bits per heavy atom. The molecular formula is C17H33NOSn. The number of carbonyl (C=O) groups excluding carboxylic acids is 1. The third kappa shape index (κ3) is 8.19. The van der Waals surface area contributed by atoms with Crippen molar-refractivity contribution >= 4 is 24.3 Å². The molecule has 0 aromatic rings. The Morgan fingerprint density at radius 3 is 1.60 bits per heavy atom. The molecule has 0 saturated heterocycles. The van der Waals surface area contributed by atoms with Gasteiger partial charge in [0.2, 0.25) is 0 Å². The van der Waals surface area contributed by atoms with Crippen LogP contribution in [0.2, 0.25) is 13.3 Å². The monoisotopic (exact) mass is 387 g/mol. The Labute approximate surface area is 130 Å². The van der Waals surface area contributed by atoms with Crippen LogP contribution in [0.25, 0.3) is 0 Å². The zero-order valence-corrected chi connectivity index (χ0v) is 17.1. The number of hydrogen-bond donors (Lipinski definition) is 0. The van der Waals surface area contributed by atoms with Crippen molar-refractivity contribution in [3.05, 3.63) is 0 Å². The van der Waals surface area contributed by atoms with Crippen LogP contribution in [0.3, 0.4) is 0 Å². The molecule has 0 aromatic carbocycles. The fourth-order valence-corrected chi connectivity index (χ4v) is 15.5. The molecule has 0 N–H and O–H groups in total. The predicted octanol–water partition coefficient (Wildman–Crippen LogP) is 4.47. The fourth-order valence-electron chi connectivity index (χ4n) is 2.41. The maximum absolute atomic E-state index is 11.8. The number of unbranched alkanes of at least 4 members (excludes halogenated alkanes) is 3. The van der Waals surface area contributed by atoms with Crippen molar-refractivity contribution in [3.8, 4) is 9.86 Å². The van der Waals surface area contributed by atoms with Gasteiger partial charge < -0.3 is 0 Å². The number of carbonyl (C=O) groups is 1. The summed E-state index contributed by atoms with van der Waals surface area (Å²) in [6.45, 7) is 6.78. The first-order valence-corrected chi connectivity index (χ1v) is 15.7. The summed E-state index contributed by atoms with van der Waals surface area (Å²) < 4.78 is 7.63. The second kappa shape index (κ2) is 11.5. The Balaban J connectivity index is 5.06. The molecule has 0 saturated carbocycles. The van der Waals surface area contributed by atoms with E-state index < -0.39 is 18.4 Å². The predicted molar refractivity (Wildman–Crippen MR) is 91.4 cm³/mol. The molecule has 2 nitrogen and oxygen atoms in total. The van der Waals surface area contributed by atoms with Gasteiger partial charge >= 0.3 is 131 Å². The first-order valence-electron chi connectivity index (χ1n) is 8.25. The fraction of sp³-hybridized carbons (Fsp3) is 0.824. The standard InChI is InChI=1S/C5H6NO.3C4H9.Sn/c1-4-5(7)6(2)3;3*1-3-4-2;/h2-3H3;3*1,3-4H2,2H3;. The first kappa shape index (κ1) is 19.8. The summed E-state index contributed by atoms with van der Waals surface area (Å²) in [4.78, 5) is 13.4. The summed E-state index contributed by atoms with van der Waals surface area (Å²) in [6, 6.07) is 0. The molecule has 0 atom stereocenters. The number of amides is 1. The third-order valence-electron chi connectivity index (χ3n) is 3.87. The molecule has 0 heterocycles. The van der Waals surface area contributed by atoms with Crippen LogP contribution in [0.4, 0.5) is 0 Å². The number of hydrogen-bond acceptors (Lipinski definition) is 1. The van der Waals surface area contributed by atoms with Gasteiger partial charge in [0.15, 0.2) is 0 Å². The van der Waals surface area contributed by atoms with E-state index in [2.05, 4.69) is 30.6 Å². The molecule has 0 rings (SSSR count). The van der Waals surface area contributed by atoms with E-state index in [1.165, 1.54) is 51.8 Å². The van der Waals surface area contributed by atoms with Gasteiger partial charge in [-0.1, -0.05) is 0 Å². The van der Waals surface area contributed by atoms with Gasteiger partial charge in [-0.3, -0.25) is 0 Å². The zero-order chi connectivity index (χ0) is 15.4. The SMILES string of the molecule is CCC[CH2][Sn]([C]#CC(=O)N(C)C)([CH2]CCC)[CH2]CCC. The Kier molecular flexibility index (Phi) is 11.4. The van der Waals surface area contributed by atoms with Crippen molar-refractivity contribution in [1.82, 2.24) is 4.90 Å². The zero-order valence-electron chi connectivity index (χ0n) is 14.2. The topological polar surface area (TPSA) is 20.3 Å². The maximum atomic E-state index is 11.8. The summed E-state index contributed by atoms with van der Waals surface area (Å²) >= 11 is -2.41. The molecule has 20 heavy (non-hydrogen) atoms. The minimum absolute atomic E-state index is 0.0180. The molecule has 0 bridgehead atoms. The van der Waals surface area contributed by atoms with Crippen LogP contribution in [0.5, 0.6) is 0 Å². The van der Waals surface area contributed by atoms with Crippen LogP contribution >= 0.6 is 0 Å². The van der Waals surface area contributed by atoms with E-state index in [0.717, 1.165) is 0 Å². The van der Waals surface area contributed by atoms with Crippen LogP contribution in [0.1, 0.15) is 59.3 Å². The summed E-state index contributed by atoms with van der Waals surface area (Å²) in [5.41, 5.74) is 0. The molecule has 0 radical (unpaired) electrons. The van der Waals surface area contributed by atoms with E-state index in [0.29, 0.717) is 0 Å². The van der Waals surface area contributed by atoms with Gasteiger partial charge in [0, 0.05) is 0 Å². The molecule has 0 unspecified atom stereocenters. The molecule has 0 fully saturated rings. The van der Waals surface area contributed by atoms with Crippen molar-refractivity contribution in [2.24, 2.45) is 0 Å². The van der Waals surface area contributed by atoms with Gasteiger partial charge in [0.25, 0.3) is 0 Å². The minimum atomic E-state index is -2.41. The van der Waals surface area contributed by atoms with E-state index in [4.69, 9.17) is 0 Å². The van der Waals surface area contributed by atoms with Crippen molar-refractivity contribution in [2.75, 3.05) is 14.1 Å². The van der Waals surface area contributed by atoms with Gasteiger partial charge in [-0.15, -0.1) is 0 Å². The van der Waals surface area contributed by atoms with E-state index in [1.54, 1.807) is 19.0 Å². The number of nitrogens with zero attached hydrogens (tertiary/aromatic N) is 1. The van der Waals surface area contributed by atoms with Gasteiger partial charge in [0.1, 0.15) is 0 Å². The second-order valence-electron chi connectivity index (χ2n) is 6.04. The van der Waals surface area contributed by atoms with E-state index >= 15 is 0 Å². The average Bonchev–Trinajstić information content (AvgIpc) is 2.45. The van der Waals surface area contributed by atoms with E-state index in [1.807, 2.05) is 0 Å². The van der Waals surface area contributed by atoms with Gasteiger partial charge in [-0.2, -0.15) is 0 Å². The Bertz CT molecular complexity index is 306. The quantitative estimate of drug-likeness (QED) is 0.423. The van der Waals surface area contributed by atoms with Crippen LogP contribution in [-0.2, 0) is 4.79 Å². The Morgan fingerprint density at radius 2 is 1.30 bits per heavy atom. The van der Waals surface area contributed by atoms with Gasteiger partial charge in [0.05, 0.1) is 0 Å². The van der Waals surface area contributed by atoms with E-state index in [-0.39, 0.29) is 5.91 Å². The summed E-state index contributed by atoms with van der Waals surface area (Å²) in [5, 5.41) is 0. The van der Waals surface area contributed by atoms with Crippen molar-refractivity contribution in [2.45, 2.75) is 72.6 Å². The van der Waals surface area contributed by atoms with Crippen LogP contribution < -0.4 is 0 Å². The van der Waals surface area contributed by atoms with E-state index in [9.17, 15) is 4.79 Å². The molecule has 0 aliphatic rings. The number of rotatable bonds is 9. The molecule has 3 heteroatoms. The van der Waals surface area contributed by atoms with Crippen LogP contribution in [-0.4, -0.2) is 43.3 Å². The molecule has 0 aliphatic heterocycles.